The second-order valence-electron chi connectivity index (χ2n) is 6.77. The molecule has 136 valence electrons. The molecule has 4 nitrogen and oxygen atoms in total. The fourth-order valence-electron chi connectivity index (χ4n) is 3.83. The van der Waals surface area contributed by atoms with Crippen molar-refractivity contribution < 1.29 is 9.59 Å². The number of likely N-dealkylation sites (N-methyl/N-ethyl adjacent to an activating group) is 1. The lowest BCUT2D eigenvalue weighted by Gasteiger charge is -2.37. The fraction of sp³-hybridized carbons (Fsp3) is 0.300. The molecule has 0 aromatic heterocycles. The summed E-state index contributed by atoms with van der Waals surface area (Å²) >= 11 is 12.2. The first-order valence-corrected chi connectivity index (χ1v) is 9.14. The highest BCUT2D eigenvalue weighted by molar-refractivity contribution is 6.31. The predicted molar refractivity (Wildman–Crippen MR) is 105 cm³/mol. The van der Waals surface area contributed by atoms with Crippen molar-refractivity contribution in [3.05, 3.63) is 63.6 Å². The molecule has 0 unspecified atom stereocenters. The number of rotatable bonds is 3. The Kier molecular flexibility index (Phi) is 5.26. The number of hydrogen-bond donors (Lipinski definition) is 1. The van der Waals surface area contributed by atoms with Crippen LogP contribution < -0.4 is 5.73 Å². The van der Waals surface area contributed by atoms with E-state index in [0.717, 1.165) is 11.8 Å². The molecule has 0 saturated carbocycles. The molecule has 2 aromatic rings. The molecule has 1 aliphatic rings. The monoisotopic (exact) mass is 390 g/mol. The van der Waals surface area contributed by atoms with Crippen LogP contribution in [-0.4, -0.2) is 30.7 Å². The number of likely N-dealkylation sites (tertiary alicyclic amines) is 1. The summed E-state index contributed by atoms with van der Waals surface area (Å²) in [6.07, 6.45) is 1.58. The topological polar surface area (TPSA) is 63.4 Å². The van der Waals surface area contributed by atoms with Gasteiger partial charge in [0.1, 0.15) is 6.29 Å². The maximum absolute atomic E-state index is 12.5. The van der Waals surface area contributed by atoms with E-state index in [0.29, 0.717) is 34.3 Å². The molecule has 2 aromatic carbocycles. The van der Waals surface area contributed by atoms with Gasteiger partial charge in [-0.3, -0.25) is 4.79 Å². The number of carbonyl (C=O) groups excluding carboxylic acids is 2. The summed E-state index contributed by atoms with van der Waals surface area (Å²) in [6.45, 7) is 0.403. The molecule has 1 aliphatic heterocycles. The van der Waals surface area contributed by atoms with E-state index in [9.17, 15) is 9.59 Å². The van der Waals surface area contributed by atoms with Gasteiger partial charge in [-0.15, -0.1) is 0 Å². The average Bonchev–Trinajstić information content (AvgIpc) is 2.73. The van der Waals surface area contributed by atoms with Crippen molar-refractivity contribution in [1.82, 2.24) is 4.90 Å². The lowest BCUT2D eigenvalue weighted by Crippen LogP contribution is -2.39. The number of amides is 1. The smallest absolute Gasteiger partial charge is 0.222 e. The van der Waals surface area contributed by atoms with Crippen LogP contribution in [0, 0.1) is 0 Å². The number of aldehydes is 1. The van der Waals surface area contributed by atoms with Crippen LogP contribution in [-0.2, 0) is 15.0 Å². The third kappa shape index (κ3) is 3.31. The van der Waals surface area contributed by atoms with Crippen molar-refractivity contribution in [2.45, 2.75) is 24.2 Å². The van der Waals surface area contributed by atoms with Crippen LogP contribution in [0.5, 0.6) is 0 Å². The van der Waals surface area contributed by atoms with Gasteiger partial charge in [-0.2, -0.15) is 0 Å². The van der Waals surface area contributed by atoms with Crippen molar-refractivity contribution in [3.63, 3.8) is 0 Å². The Morgan fingerprint density at radius 3 is 2.58 bits per heavy atom. The highest BCUT2D eigenvalue weighted by atomic mass is 35.5. The minimum absolute atomic E-state index is 0.00767. The molecule has 0 spiro atoms. The van der Waals surface area contributed by atoms with Gasteiger partial charge in [0.15, 0.2) is 0 Å². The number of halogens is 2. The van der Waals surface area contributed by atoms with Gasteiger partial charge in [-0.25, -0.2) is 0 Å². The molecule has 6 heteroatoms. The van der Waals surface area contributed by atoms with Gasteiger partial charge in [-0.1, -0.05) is 41.4 Å². The van der Waals surface area contributed by atoms with Gasteiger partial charge in [-0.05, 0) is 41.8 Å². The van der Waals surface area contributed by atoms with Gasteiger partial charge in [0.2, 0.25) is 5.91 Å². The van der Waals surface area contributed by atoms with Crippen molar-refractivity contribution in [3.8, 4) is 0 Å². The third-order valence-electron chi connectivity index (χ3n) is 5.23. The number of benzene rings is 2. The second-order valence-corrected chi connectivity index (χ2v) is 7.64. The van der Waals surface area contributed by atoms with E-state index in [2.05, 4.69) is 0 Å². The number of nitrogens with two attached hydrogens (primary N) is 1. The van der Waals surface area contributed by atoms with Gasteiger partial charge in [0.25, 0.3) is 0 Å². The predicted octanol–water partition coefficient (Wildman–Crippen LogP) is 4.05. The van der Waals surface area contributed by atoms with Crippen molar-refractivity contribution in [1.29, 1.82) is 0 Å². The Hall–Kier alpha value is -2.04. The standard InChI is InChI=1S/C20H20Cl2N2O2/c1-24-11-17(13-3-2-4-14(21)9-13)20(12-25,8-7-19(24)26)16-6-5-15(22)10-18(16)23/h2-6,9-10,12,17H,7-8,11,23H2,1H3/t17-,20-/m0/s1. The van der Waals surface area contributed by atoms with Crippen molar-refractivity contribution in [2.75, 3.05) is 19.3 Å². The van der Waals surface area contributed by atoms with Crippen molar-refractivity contribution in [2.24, 2.45) is 0 Å². The average molecular weight is 391 g/mol. The van der Waals surface area contributed by atoms with Crippen LogP contribution in [0.4, 0.5) is 5.69 Å². The van der Waals surface area contributed by atoms with Crippen LogP contribution in [0.25, 0.3) is 0 Å². The molecule has 2 atom stereocenters. The van der Waals surface area contributed by atoms with E-state index in [1.54, 1.807) is 36.2 Å². The summed E-state index contributed by atoms with van der Waals surface area (Å²) in [4.78, 5) is 26.5. The Labute approximate surface area is 162 Å². The van der Waals surface area contributed by atoms with Crippen LogP contribution in [0.1, 0.15) is 29.9 Å². The summed E-state index contributed by atoms with van der Waals surface area (Å²) in [5, 5.41) is 1.10. The van der Waals surface area contributed by atoms with Gasteiger partial charge >= 0.3 is 0 Å². The van der Waals surface area contributed by atoms with Crippen LogP contribution in [0.15, 0.2) is 42.5 Å². The number of anilines is 1. The first kappa shape index (κ1) is 18.7. The van der Waals surface area contributed by atoms with Crippen molar-refractivity contribution >= 4 is 41.1 Å². The van der Waals surface area contributed by atoms with Gasteiger partial charge in [0.05, 0.1) is 5.41 Å². The summed E-state index contributed by atoms with van der Waals surface area (Å²) in [6, 6.07) is 12.6. The summed E-state index contributed by atoms with van der Waals surface area (Å²) < 4.78 is 0. The lowest BCUT2D eigenvalue weighted by atomic mass is 9.66. The molecule has 1 fully saturated rings. The number of nitrogen functional groups attached to an aromatic ring is 1. The maximum atomic E-state index is 12.5. The number of nitrogens with zero attached hydrogens (tertiary/aromatic N) is 1. The van der Waals surface area contributed by atoms with Gasteiger partial charge < -0.3 is 15.4 Å². The quantitative estimate of drug-likeness (QED) is 0.634. The van der Waals surface area contributed by atoms with Crippen LogP contribution in [0.2, 0.25) is 10.0 Å². The summed E-state index contributed by atoms with van der Waals surface area (Å²) in [5.74, 6) is -0.257. The van der Waals surface area contributed by atoms with E-state index in [1.165, 1.54) is 0 Å². The molecule has 0 radical (unpaired) electrons. The van der Waals surface area contributed by atoms with Gasteiger partial charge in [0, 0.05) is 41.7 Å². The molecule has 0 bridgehead atoms. The Balaban J connectivity index is 2.23. The van der Waals surface area contributed by atoms with E-state index in [4.69, 9.17) is 28.9 Å². The Morgan fingerprint density at radius 2 is 1.92 bits per heavy atom. The van der Waals surface area contributed by atoms with E-state index >= 15 is 0 Å². The van der Waals surface area contributed by atoms with E-state index < -0.39 is 5.41 Å². The first-order valence-electron chi connectivity index (χ1n) is 8.38. The molecule has 0 aliphatic carbocycles. The highest BCUT2D eigenvalue weighted by Gasteiger charge is 2.45. The first-order chi connectivity index (χ1) is 12.4. The largest absolute Gasteiger partial charge is 0.398 e. The van der Waals surface area contributed by atoms with Crippen LogP contribution in [0.3, 0.4) is 0 Å². The zero-order valence-electron chi connectivity index (χ0n) is 14.4. The van der Waals surface area contributed by atoms with Crippen LogP contribution >= 0.6 is 23.2 Å². The number of hydrogen-bond acceptors (Lipinski definition) is 3. The summed E-state index contributed by atoms with van der Waals surface area (Å²) in [5.41, 5.74) is 7.36. The molecular weight excluding hydrogens is 371 g/mol. The third-order valence-corrected chi connectivity index (χ3v) is 5.70. The molecule has 2 N–H and O–H groups in total. The molecule has 1 saturated heterocycles. The zero-order chi connectivity index (χ0) is 18.9. The fourth-order valence-corrected chi connectivity index (χ4v) is 4.21. The molecular formula is C20H20Cl2N2O2. The SMILES string of the molecule is CN1C[C@@H](c2cccc(Cl)c2)[C@@](C=O)(c2ccc(Cl)cc2N)CCC1=O. The second kappa shape index (κ2) is 7.29. The Morgan fingerprint density at radius 1 is 1.19 bits per heavy atom. The molecule has 1 heterocycles. The normalized spacial score (nSPS) is 23.6. The maximum Gasteiger partial charge on any atom is 0.222 e. The highest BCUT2D eigenvalue weighted by Crippen LogP contribution is 2.46. The molecule has 3 rings (SSSR count). The zero-order valence-corrected chi connectivity index (χ0v) is 15.9. The molecule has 1 amide bonds. The number of carbonyl (C=O) groups is 2. The Bertz CT molecular complexity index is 855. The summed E-state index contributed by atoms with van der Waals surface area (Å²) in [7, 11) is 1.76. The molecule has 26 heavy (non-hydrogen) atoms. The van der Waals surface area contributed by atoms with E-state index in [1.807, 2.05) is 18.2 Å². The minimum Gasteiger partial charge on any atom is -0.398 e. The minimum atomic E-state index is -0.931. The lowest BCUT2D eigenvalue weighted by molar-refractivity contribution is -0.129. The van der Waals surface area contributed by atoms with E-state index in [-0.39, 0.29) is 18.2 Å².